The molecule has 3 aromatic rings. The van der Waals surface area contributed by atoms with E-state index in [2.05, 4.69) is 4.98 Å². The smallest absolute Gasteiger partial charge is 0.336 e. The van der Waals surface area contributed by atoms with Crippen LogP contribution in [0.2, 0.25) is 0 Å². The molecule has 0 fully saturated rings. The van der Waals surface area contributed by atoms with Crippen LogP contribution in [0.4, 0.5) is 5.69 Å². The Kier molecular flexibility index (Phi) is 5.01. The molecule has 7 nitrogen and oxygen atoms in total. The van der Waals surface area contributed by atoms with Gasteiger partial charge < -0.3 is 14.4 Å². The largest absolute Gasteiger partial charge is 0.466 e. The standard InChI is InChI=1S/C26H20N2O5/c1-32-25(30)19-18-13-12-16-11-10-15-9-6-14-27-21(15)22(16)28(18)23(20(19)26(31)33-2)24(29)17-7-4-3-5-8-17/h3-14,18,23H,1-2H3/t18-,23+/m0/s1. The van der Waals surface area contributed by atoms with Crippen LogP contribution < -0.4 is 4.90 Å². The number of nitrogens with zero attached hydrogens (tertiary/aromatic N) is 2. The second kappa shape index (κ2) is 8.02. The highest BCUT2D eigenvalue weighted by atomic mass is 16.5. The van der Waals surface area contributed by atoms with Gasteiger partial charge in [-0.25, -0.2) is 9.59 Å². The molecule has 0 unspecified atom stereocenters. The van der Waals surface area contributed by atoms with Gasteiger partial charge in [-0.15, -0.1) is 0 Å². The fourth-order valence-electron chi connectivity index (χ4n) is 4.64. The first-order chi connectivity index (χ1) is 16.1. The van der Waals surface area contributed by atoms with Crippen LogP contribution in [0.3, 0.4) is 0 Å². The number of carbonyl (C=O) groups excluding carboxylic acids is 3. The van der Waals surface area contributed by atoms with Gasteiger partial charge in [0, 0.05) is 17.1 Å². The molecule has 2 aromatic carbocycles. The normalized spacial score (nSPS) is 18.7. The van der Waals surface area contributed by atoms with E-state index in [1.165, 1.54) is 14.2 Å². The second-order valence-electron chi connectivity index (χ2n) is 7.73. The number of rotatable bonds is 4. The van der Waals surface area contributed by atoms with Crippen LogP contribution in [0.1, 0.15) is 15.9 Å². The summed E-state index contributed by atoms with van der Waals surface area (Å²) in [6.45, 7) is 0. The lowest BCUT2D eigenvalue weighted by molar-refractivity contribution is -0.139. The lowest BCUT2D eigenvalue weighted by Crippen LogP contribution is -2.45. The van der Waals surface area contributed by atoms with E-state index in [1.807, 2.05) is 36.4 Å². The van der Waals surface area contributed by atoms with Crippen LogP contribution >= 0.6 is 0 Å². The van der Waals surface area contributed by atoms with Crippen LogP contribution in [0.15, 0.2) is 78.0 Å². The molecule has 0 amide bonds. The highest BCUT2D eigenvalue weighted by molar-refractivity contribution is 6.17. The number of hydrogen-bond acceptors (Lipinski definition) is 7. The number of carbonyl (C=O) groups is 3. The number of esters is 2. The molecule has 0 saturated heterocycles. The Morgan fingerprint density at radius 2 is 1.61 bits per heavy atom. The second-order valence-corrected chi connectivity index (χ2v) is 7.73. The molecule has 0 radical (unpaired) electrons. The number of methoxy groups -OCH3 is 2. The topological polar surface area (TPSA) is 85.8 Å². The maximum atomic E-state index is 13.9. The van der Waals surface area contributed by atoms with Crippen LogP contribution in [0, 0.1) is 0 Å². The van der Waals surface area contributed by atoms with Crippen LogP contribution in [0.25, 0.3) is 17.0 Å². The summed E-state index contributed by atoms with van der Waals surface area (Å²) in [4.78, 5) is 46.1. The maximum absolute atomic E-state index is 13.9. The Hall–Kier alpha value is -4.26. The van der Waals surface area contributed by atoms with Gasteiger partial charge >= 0.3 is 11.9 Å². The minimum Gasteiger partial charge on any atom is -0.466 e. The first kappa shape index (κ1) is 20.6. The highest BCUT2D eigenvalue weighted by Crippen LogP contribution is 2.45. The van der Waals surface area contributed by atoms with Crippen molar-refractivity contribution in [3.05, 3.63) is 89.1 Å². The predicted octanol–water partition coefficient (Wildman–Crippen LogP) is 3.34. The lowest BCUT2D eigenvalue weighted by atomic mass is 9.95. The van der Waals surface area contributed by atoms with E-state index in [0.29, 0.717) is 16.8 Å². The van der Waals surface area contributed by atoms with Gasteiger partial charge in [0.2, 0.25) is 0 Å². The van der Waals surface area contributed by atoms with Crippen molar-refractivity contribution in [1.29, 1.82) is 0 Å². The van der Waals surface area contributed by atoms with Gasteiger partial charge in [0.25, 0.3) is 0 Å². The van der Waals surface area contributed by atoms with Gasteiger partial charge in [-0.2, -0.15) is 0 Å². The summed E-state index contributed by atoms with van der Waals surface area (Å²) in [5, 5.41) is 0.877. The molecule has 2 aliphatic heterocycles. The lowest BCUT2D eigenvalue weighted by Gasteiger charge is -2.36. The Bertz CT molecular complexity index is 1360. The number of ketones is 1. The Morgan fingerprint density at radius 1 is 0.879 bits per heavy atom. The van der Waals surface area contributed by atoms with Gasteiger partial charge in [-0.1, -0.05) is 60.7 Å². The van der Waals surface area contributed by atoms with E-state index in [9.17, 15) is 14.4 Å². The maximum Gasteiger partial charge on any atom is 0.336 e. The zero-order valence-electron chi connectivity index (χ0n) is 18.0. The predicted molar refractivity (Wildman–Crippen MR) is 123 cm³/mol. The fourth-order valence-corrected chi connectivity index (χ4v) is 4.64. The van der Waals surface area contributed by atoms with E-state index in [1.54, 1.807) is 41.4 Å². The third-order valence-corrected chi connectivity index (χ3v) is 6.05. The molecule has 0 aliphatic carbocycles. The monoisotopic (exact) mass is 440 g/mol. The quantitative estimate of drug-likeness (QED) is 0.454. The number of hydrogen-bond donors (Lipinski definition) is 0. The highest BCUT2D eigenvalue weighted by Gasteiger charge is 2.51. The van der Waals surface area contributed by atoms with Crippen molar-refractivity contribution in [3.63, 3.8) is 0 Å². The summed E-state index contributed by atoms with van der Waals surface area (Å²) in [6.07, 6.45) is 5.35. The van der Waals surface area contributed by atoms with Crippen molar-refractivity contribution in [2.24, 2.45) is 0 Å². The summed E-state index contributed by atoms with van der Waals surface area (Å²) < 4.78 is 10.1. The number of benzene rings is 2. The van der Waals surface area contributed by atoms with E-state index in [0.717, 1.165) is 10.9 Å². The number of ether oxygens (including phenoxy) is 2. The van der Waals surface area contributed by atoms with Gasteiger partial charge in [-0.3, -0.25) is 9.78 Å². The minimum absolute atomic E-state index is 0.0198. The number of pyridine rings is 1. The van der Waals surface area contributed by atoms with Crippen molar-refractivity contribution >= 4 is 40.4 Å². The van der Waals surface area contributed by atoms with Crippen molar-refractivity contribution in [2.45, 2.75) is 12.1 Å². The van der Waals surface area contributed by atoms with E-state index in [-0.39, 0.29) is 16.9 Å². The first-order valence-electron chi connectivity index (χ1n) is 10.4. The third kappa shape index (κ3) is 3.12. The zero-order valence-corrected chi connectivity index (χ0v) is 18.0. The van der Waals surface area contributed by atoms with Crippen molar-refractivity contribution in [3.8, 4) is 0 Å². The number of aromatic nitrogens is 1. The van der Waals surface area contributed by atoms with E-state index < -0.39 is 24.0 Å². The molecule has 2 atom stereocenters. The summed E-state index contributed by atoms with van der Waals surface area (Å²) in [7, 11) is 2.48. The molecule has 33 heavy (non-hydrogen) atoms. The van der Waals surface area contributed by atoms with E-state index >= 15 is 0 Å². The molecule has 7 heteroatoms. The molecule has 0 bridgehead atoms. The molecular weight excluding hydrogens is 420 g/mol. The van der Waals surface area contributed by atoms with E-state index in [4.69, 9.17) is 9.47 Å². The summed E-state index contributed by atoms with van der Waals surface area (Å²) in [6, 6.07) is 14.5. The Labute approximate surface area is 189 Å². The molecule has 0 saturated carbocycles. The van der Waals surface area contributed by atoms with Crippen LogP contribution in [0.5, 0.6) is 0 Å². The first-order valence-corrected chi connectivity index (χ1v) is 10.4. The van der Waals surface area contributed by atoms with Crippen LogP contribution in [-0.4, -0.2) is 49.0 Å². The summed E-state index contributed by atoms with van der Waals surface area (Å²) >= 11 is 0. The average molecular weight is 440 g/mol. The molecule has 0 N–H and O–H groups in total. The molecule has 2 aliphatic rings. The summed E-state index contributed by atoms with van der Waals surface area (Å²) in [5.74, 6) is -1.76. The molecule has 5 rings (SSSR count). The van der Waals surface area contributed by atoms with Gasteiger partial charge in [0.05, 0.1) is 42.6 Å². The molecule has 164 valence electrons. The van der Waals surface area contributed by atoms with Crippen molar-refractivity contribution in [2.75, 3.05) is 19.1 Å². The fraction of sp³-hybridized carbons (Fsp3) is 0.154. The van der Waals surface area contributed by atoms with Crippen LogP contribution in [-0.2, 0) is 19.1 Å². The number of fused-ring (bicyclic) bond motifs is 5. The number of anilines is 1. The zero-order chi connectivity index (χ0) is 23.1. The SMILES string of the molecule is COC(=O)C1=C(C(=O)OC)[C@@H]2C=Cc3ccc4cccnc4c3N2[C@H]1C(=O)c1ccccc1. The average Bonchev–Trinajstić information content (AvgIpc) is 3.22. The van der Waals surface area contributed by atoms with Gasteiger partial charge in [0.1, 0.15) is 6.04 Å². The third-order valence-electron chi connectivity index (χ3n) is 6.05. The molecule has 0 spiro atoms. The minimum atomic E-state index is -1.09. The van der Waals surface area contributed by atoms with Gasteiger partial charge in [-0.05, 0) is 11.6 Å². The molecule has 3 heterocycles. The Balaban J connectivity index is 1.81. The van der Waals surface area contributed by atoms with Crippen molar-refractivity contribution in [1.82, 2.24) is 4.98 Å². The number of Topliss-reactive ketones (excluding diaryl/α,β-unsaturated/α-hetero) is 1. The summed E-state index contributed by atoms with van der Waals surface area (Å²) in [5.41, 5.74) is 2.67. The van der Waals surface area contributed by atoms with Crippen molar-refractivity contribution < 1.29 is 23.9 Å². The molecule has 1 aromatic heterocycles. The molecular formula is C26H20N2O5. The van der Waals surface area contributed by atoms with Gasteiger partial charge in [0.15, 0.2) is 5.78 Å². The Morgan fingerprint density at radius 3 is 2.33 bits per heavy atom.